The predicted octanol–water partition coefficient (Wildman–Crippen LogP) is 1.96. The van der Waals surface area contributed by atoms with Gasteiger partial charge in [-0.25, -0.2) is 0 Å². The minimum Gasteiger partial charge on any atom is -0.459 e. The second-order valence-electron chi connectivity index (χ2n) is 1.80. The molecule has 10 heavy (non-hydrogen) atoms. The number of aryl methyl sites for hydroxylation is 1. The molecule has 0 aliphatic heterocycles. The van der Waals surface area contributed by atoms with Gasteiger partial charge in [0.25, 0.3) is 0 Å². The Morgan fingerprint density at radius 2 is 2.40 bits per heavy atom. The van der Waals surface area contributed by atoms with Crippen LogP contribution in [-0.2, 0) is 0 Å². The van der Waals surface area contributed by atoms with Crippen molar-refractivity contribution < 1.29 is 9.62 Å². The van der Waals surface area contributed by atoms with Crippen molar-refractivity contribution in [1.82, 2.24) is 0 Å². The van der Waals surface area contributed by atoms with E-state index in [9.17, 15) is 0 Å². The zero-order valence-electron chi connectivity index (χ0n) is 5.34. The Kier molecular flexibility index (Phi) is 1.97. The Bertz CT molecular complexity index is 254. The maximum atomic E-state index is 8.19. The fourth-order valence-electron chi connectivity index (χ4n) is 0.595. The summed E-state index contributed by atoms with van der Waals surface area (Å²) in [6, 6.07) is 3.38. The molecule has 1 aromatic rings. The molecule has 1 N–H and O–H groups in total. The molecule has 0 aliphatic rings. The van der Waals surface area contributed by atoms with E-state index in [0.29, 0.717) is 5.76 Å². The van der Waals surface area contributed by atoms with Crippen LogP contribution < -0.4 is 0 Å². The lowest BCUT2D eigenvalue weighted by Gasteiger charge is -1.86. The van der Waals surface area contributed by atoms with Gasteiger partial charge >= 0.3 is 0 Å². The second kappa shape index (κ2) is 2.75. The van der Waals surface area contributed by atoms with Crippen LogP contribution in [0.2, 0.25) is 0 Å². The molecule has 0 fully saturated rings. The number of rotatable bonds is 1. The van der Waals surface area contributed by atoms with Gasteiger partial charge in [0.05, 0.1) is 0 Å². The first kappa shape index (κ1) is 7.15. The second-order valence-corrected chi connectivity index (χ2v) is 2.16. The fraction of sp³-hybridized carbons (Fsp3) is 0.167. The largest absolute Gasteiger partial charge is 0.459 e. The third-order valence-electron chi connectivity index (χ3n) is 1.03. The van der Waals surface area contributed by atoms with Gasteiger partial charge in [-0.2, -0.15) is 0 Å². The average Bonchev–Trinajstić information content (AvgIpc) is 2.34. The normalized spacial score (nSPS) is 12.0. The average molecular weight is 160 g/mol. The van der Waals surface area contributed by atoms with Crippen molar-refractivity contribution in [2.24, 2.45) is 5.16 Å². The summed E-state index contributed by atoms with van der Waals surface area (Å²) in [5.41, 5.74) is 0. The van der Waals surface area contributed by atoms with Gasteiger partial charge < -0.3 is 9.62 Å². The minimum absolute atomic E-state index is 0.0342. The molecule has 0 radical (unpaired) electrons. The third-order valence-corrected chi connectivity index (χ3v) is 1.29. The molecule has 4 heteroatoms. The van der Waals surface area contributed by atoms with Crippen molar-refractivity contribution in [2.75, 3.05) is 0 Å². The maximum Gasteiger partial charge on any atom is 0.210 e. The van der Waals surface area contributed by atoms with Crippen LogP contribution in [0.3, 0.4) is 0 Å². The van der Waals surface area contributed by atoms with E-state index >= 15 is 0 Å². The zero-order chi connectivity index (χ0) is 7.56. The summed E-state index contributed by atoms with van der Waals surface area (Å²) < 4.78 is 5.01. The standard InChI is InChI=1S/C6H6ClNO2/c1-4-2-3-5(10-4)6(7)8-9/h2-3,9H,1H3/b8-6-. The Labute approximate surface area is 62.9 Å². The number of oxime groups is 1. The van der Waals surface area contributed by atoms with Crippen molar-refractivity contribution >= 4 is 16.8 Å². The van der Waals surface area contributed by atoms with E-state index in [0.717, 1.165) is 5.76 Å². The van der Waals surface area contributed by atoms with E-state index < -0.39 is 0 Å². The molecule has 1 aromatic heterocycles. The van der Waals surface area contributed by atoms with Gasteiger partial charge in [-0.3, -0.25) is 0 Å². The Morgan fingerprint density at radius 1 is 1.70 bits per heavy atom. The maximum absolute atomic E-state index is 8.19. The molecular formula is C6H6ClNO2. The van der Waals surface area contributed by atoms with Crippen LogP contribution in [0.4, 0.5) is 0 Å². The molecule has 1 heterocycles. The van der Waals surface area contributed by atoms with E-state index in [4.69, 9.17) is 21.2 Å². The monoisotopic (exact) mass is 159 g/mol. The van der Waals surface area contributed by atoms with Crippen LogP contribution in [-0.4, -0.2) is 10.4 Å². The van der Waals surface area contributed by atoms with Crippen molar-refractivity contribution in [3.05, 3.63) is 23.7 Å². The highest BCUT2D eigenvalue weighted by atomic mass is 35.5. The van der Waals surface area contributed by atoms with Gasteiger partial charge in [0, 0.05) is 0 Å². The lowest BCUT2D eigenvalue weighted by atomic mass is 10.4. The molecule has 0 atom stereocenters. The van der Waals surface area contributed by atoms with Crippen molar-refractivity contribution in [1.29, 1.82) is 0 Å². The van der Waals surface area contributed by atoms with Crippen molar-refractivity contribution in [3.63, 3.8) is 0 Å². The summed E-state index contributed by atoms with van der Waals surface area (Å²) in [6.45, 7) is 1.78. The molecule has 0 unspecified atom stereocenters. The molecule has 54 valence electrons. The molecule has 0 amide bonds. The Morgan fingerprint density at radius 3 is 2.80 bits per heavy atom. The van der Waals surface area contributed by atoms with Gasteiger partial charge in [-0.05, 0) is 19.1 Å². The first-order valence-corrected chi connectivity index (χ1v) is 3.06. The number of hydrogen-bond acceptors (Lipinski definition) is 3. The predicted molar refractivity (Wildman–Crippen MR) is 37.6 cm³/mol. The van der Waals surface area contributed by atoms with Gasteiger partial charge in [-0.1, -0.05) is 16.8 Å². The Balaban J connectivity index is 2.95. The van der Waals surface area contributed by atoms with Crippen LogP contribution >= 0.6 is 11.6 Å². The number of nitrogens with zero attached hydrogens (tertiary/aromatic N) is 1. The summed E-state index contributed by atoms with van der Waals surface area (Å²) in [7, 11) is 0. The highest BCUT2D eigenvalue weighted by molar-refractivity contribution is 6.69. The lowest BCUT2D eigenvalue weighted by molar-refractivity contribution is 0.319. The molecule has 0 spiro atoms. The smallest absolute Gasteiger partial charge is 0.210 e. The molecule has 0 bridgehead atoms. The van der Waals surface area contributed by atoms with E-state index in [-0.39, 0.29) is 5.17 Å². The van der Waals surface area contributed by atoms with Crippen LogP contribution in [0.25, 0.3) is 0 Å². The molecule has 0 aliphatic carbocycles. The first-order valence-electron chi connectivity index (χ1n) is 2.68. The van der Waals surface area contributed by atoms with Crippen LogP contribution in [0.1, 0.15) is 11.5 Å². The minimum atomic E-state index is -0.0342. The van der Waals surface area contributed by atoms with Crippen LogP contribution in [0, 0.1) is 6.92 Å². The zero-order valence-corrected chi connectivity index (χ0v) is 6.09. The molecule has 0 saturated heterocycles. The van der Waals surface area contributed by atoms with Gasteiger partial charge in [0.15, 0.2) is 5.76 Å². The summed E-state index contributed by atoms with van der Waals surface area (Å²) in [5, 5.41) is 10.9. The van der Waals surface area contributed by atoms with E-state index in [1.165, 1.54) is 0 Å². The number of furan rings is 1. The topological polar surface area (TPSA) is 45.7 Å². The molecular weight excluding hydrogens is 154 g/mol. The Hall–Kier alpha value is -0.960. The van der Waals surface area contributed by atoms with Crippen LogP contribution in [0.5, 0.6) is 0 Å². The van der Waals surface area contributed by atoms with Gasteiger partial charge in [0.1, 0.15) is 5.76 Å². The number of hydrogen-bond donors (Lipinski definition) is 1. The van der Waals surface area contributed by atoms with E-state index in [2.05, 4.69) is 5.16 Å². The highest BCUT2D eigenvalue weighted by Crippen LogP contribution is 2.09. The summed E-state index contributed by atoms with van der Waals surface area (Å²) in [4.78, 5) is 0. The van der Waals surface area contributed by atoms with Crippen molar-refractivity contribution in [2.45, 2.75) is 6.92 Å². The highest BCUT2D eigenvalue weighted by Gasteiger charge is 2.03. The van der Waals surface area contributed by atoms with Gasteiger partial charge in [-0.15, -0.1) is 0 Å². The molecule has 0 aromatic carbocycles. The number of halogens is 1. The lowest BCUT2D eigenvalue weighted by Crippen LogP contribution is -1.85. The van der Waals surface area contributed by atoms with E-state index in [1.807, 2.05) is 0 Å². The molecule has 0 saturated carbocycles. The SMILES string of the molecule is Cc1ccc(/C(Cl)=N/O)o1. The summed E-state index contributed by atoms with van der Waals surface area (Å²) in [5.74, 6) is 1.11. The first-order chi connectivity index (χ1) is 4.74. The summed E-state index contributed by atoms with van der Waals surface area (Å²) >= 11 is 5.41. The molecule has 1 rings (SSSR count). The molecule has 3 nitrogen and oxygen atoms in total. The van der Waals surface area contributed by atoms with Crippen molar-refractivity contribution in [3.8, 4) is 0 Å². The van der Waals surface area contributed by atoms with Gasteiger partial charge in [0.2, 0.25) is 5.17 Å². The quantitative estimate of drug-likeness (QED) is 0.387. The van der Waals surface area contributed by atoms with E-state index in [1.54, 1.807) is 19.1 Å². The van der Waals surface area contributed by atoms with Crippen LogP contribution in [0.15, 0.2) is 21.7 Å². The fourth-order valence-corrected chi connectivity index (χ4v) is 0.696. The third kappa shape index (κ3) is 1.30. The summed E-state index contributed by atoms with van der Waals surface area (Å²) in [6.07, 6.45) is 0.